The van der Waals surface area contributed by atoms with Crippen LogP contribution in [-0.2, 0) is 0 Å². The molecule has 0 amide bonds. The Kier molecular flexibility index (Phi) is 5.96. The van der Waals surface area contributed by atoms with E-state index in [0.29, 0.717) is 24.2 Å². The Labute approximate surface area is 122 Å². The number of hydrogen-bond acceptors (Lipinski definition) is 4. The molecule has 1 aromatic heterocycles. The van der Waals surface area contributed by atoms with Gasteiger partial charge in [-0.3, -0.25) is 0 Å². The zero-order valence-corrected chi connectivity index (χ0v) is 12.5. The van der Waals surface area contributed by atoms with E-state index in [1.807, 2.05) is 12.1 Å². The standard InChI is InChI=1S/C16H27N3O/c1-2-12-20-16-14(17)10-11-15(19-16)18-13-8-6-4-3-5-7-9-13/h10-11,13H,2-9,12,17H2,1H3,(H,18,19). The van der Waals surface area contributed by atoms with Crippen molar-refractivity contribution >= 4 is 11.5 Å². The van der Waals surface area contributed by atoms with Crippen LogP contribution in [0.2, 0.25) is 0 Å². The number of aromatic nitrogens is 1. The Hall–Kier alpha value is -1.45. The minimum Gasteiger partial charge on any atom is -0.476 e. The van der Waals surface area contributed by atoms with Gasteiger partial charge in [-0.25, -0.2) is 0 Å². The summed E-state index contributed by atoms with van der Waals surface area (Å²) in [6.45, 7) is 2.73. The Morgan fingerprint density at radius 1 is 1.20 bits per heavy atom. The molecule has 1 aromatic rings. The van der Waals surface area contributed by atoms with Gasteiger partial charge in [0.05, 0.1) is 12.3 Å². The first-order valence-electron chi connectivity index (χ1n) is 7.95. The number of anilines is 2. The van der Waals surface area contributed by atoms with E-state index in [-0.39, 0.29) is 0 Å². The van der Waals surface area contributed by atoms with E-state index < -0.39 is 0 Å². The van der Waals surface area contributed by atoms with Gasteiger partial charge < -0.3 is 15.8 Å². The van der Waals surface area contributed by atoms with E-state index >= 15 is 0 Å². The van der Waals surface area contributed by atoms with Gasteiger partial charge in [-0.15, -0.1) is 0 Å². The molecule has 4 nitrogen and oxygen atoms in total. The first kappa shape index (κ1) is 14.9. The molecule has 0 bridgehead atoms. The molecule has 0 aromatic carbocycles. The van der Waals surface area contributed by atoms with E-state index in [2.05, 4.69) is 17.2 Å². The number of nitrogens with one attached hydrogen (secondary N) is 1. The van der Waals surface area contributed by atoms with Crippen LogP contribution in [0, 0.1) is 0 Å². The number of nitrogen functional groups attached to an aromatic ring is 1. The van der Waals surface area contributed by atoms with Gasteiger partial charge in [-0.1, -0.05) is 39.0 Å². The predicted octanol–water partition coefficient (Wildman–Crippen LogP) is 3.98. The van der Waals surface area contributed by atoms with Crippen molar-refractivity contribution in [1.82, 2.24) is 4.98 Å². The summed E-state index contributed by atoms with van der Waals surface area (Å²) in [6.07, 6.45) is 10.2. The van der Waals surface area contributed by atoms with Gasteiger partial charge in [0, 0.05) is 6.04 Å². The van der Waals surface area contributed by atoms with Gasteiger partial charge in [-0.05, 0) is 31.4 Å². The average Bonchev–Trinajstić information content (AvgIpc) is 2.42. The quantitative estimate of drug-likeness (QED) is 0.854. The fourth-order valence-electron chi connectivity index (χ4n) is 2.66. The van der Waals surface area contributed by atoms with E-state index in [1.165, 1.54) is 44.9 Å². The molecule has 3 N–H and O–H groups in total. The number of ether oxygens (including phenoxy) is 1. The van der Waals surface area contributed by atoms with Gasteiger partial charge in [0.2, 0.25) is 5.88 Å². The van der Waals surface area contributed by atoms with Crippen LogP contribution in [0.5, 0.6) is 5.88 Å². The minimum absolute atomic E-state index is 0.533. The van der Waals surface area contributed by atoms with E-state index in [4.69, 9.17) is 10.5 Å². The maximum Gasteiger partial charge on any atom is 0.239 e. The Balaban J connectivity index is 1.96. The van der Waals surface area contributed by atoms with Crippen molar-refractivity contribution in [3.63, 3.8) is 0 Å². The number of nitrogens with zero attached hydrogens (tertiary/aromatic N) is 1. The summed E-state index contributed by atoms with van der Waals surface area (Å²) in [5.74, 6) is 1.44. The highest BCUT2D eigenvalue weighted by atomic mass is 16.5. The summed E-state index contributed by atoms with van der Waals surface area (Å²) < 4.78 is 5.58. The lowest BCUT2D eigenvalue weighted by Crippen LogP contribution is -2.21. The normalized spacial score (nSPS) is 17.2. The lowest BCUT2D eigenvalue weighted by molar-refractivity contribution is 0.307. The summed E-state index contributed by atoms with van der Waals surface area (Å²) in [4.78, 5) is 4.50. The predicted molar refractivity (Wildman–Crippen MR) is 84.2 cm³/mol. The zero-order valence-electron chi connectivity index (χ0n) is 12.5. The molecule has 0 spiro atoms. The van der Waals surface area contributed by atoms with Crippen molar-refractivity contribution in [3.8, 4) is 5.88 Å². The molecular formula is C16H27N3O. The summed E-state index contributed by atoms with van der Waals surface area (Å²) in [5, 5.41) is 3.55. The molecule has 0 aliphatic heterocycles. The molecule has 1 saturated carbocycles. The van der Waals surface area contributed by atoms with Gasteiger partial charge in [0.1, 0.15) is 5.82 Å². The first-order chi connectivity index (χ1) is 9.79. The molecule has 0 atom stereocenters. The van der Waals surface area contributed by atoms with Crippen LogP contribution < -0.4 is 15.8 Å². The first-order valence-corrected chi connectivity index (χ1v) is 7.95. The van der Waals surface area contributed by atoms with Crippen LogP contribution in [0.3, 0.4) is 0 Å². The van der Waals surface area contributed by atoms with Crippen LogP contribution >= 0.6 is 0 Å². The summed E-state index contributed by atoms with van der Waals surface area (Å²) in [6, 6.07) is 4.36. The second kappa shape index (κ2) is 7.98. The van der Waals surface area contributed by atoms with E-state index in [1.54, 1.807) is 0 Å². The van der Waals surface area contributed by atoms with Crippen LogP contribution in [0.15, 0.2) is 12.1 Å². The molecule has 1 aliphatic carbocycles. The molecule has 1 heterocycles. The van der Waals surface area contributed by atoms with Crippen LogP contribution in [0.4, 0.5) is 11.5 Å². The third-order valence-corrected chi connectivity index (χ3v) is 3.79. The van der Waals surface area contributed by atoms with Crippen molar-refractivity contribution in [2.24, 2.45) is 0 Å². The van der Waals surface area contributed by atoms with Crippen LogP contribution in [-0.4, -0.2) is 17.6 Å². The maximum atomic E-state index is 5.89. The zero-order chi connectivity index (χ0) is 14.2. The van der Waals surface area contributed by atoms with Gasteiger partial charge in [0.25, 0.3) is 0 Å². The number of rotatable bonds is 5. The van der Waals surface area contributed by atoms with Crippen molar-refractivity contribution in [1.29, 1.82) is 0 Å². The molecule has 4 heteroatoms. The maximum absolute atomic E-state index is 5.89. The van der Waals surface area contributed by atoms with Gasteiger partial charge in [0.15, 0.2) is 0 Å². The van der Waals surface area contributed by atoms with Gasteiger partial charge >= 0.3 is 0 Å². The molecule has 112 valence electrons. The highest BCUT2D eigenvalue weighted by Crippen LogP contribution is 2.24. The highest BCUT2D eigenvalue weighted by molar-refractivity contribution is 5.53. The molecular weight excluding hydrogens is 250 g/mol. The molecule has 2 rings (SSSR count). The van der Waals surface area contributed by atoms with Crippen LogP contribution in [0.1, 0.15) is 58.3 Å². The third kappa shape index (κ3) is 4.58. The van der Waals surface area contributed by atoms with Gasteiger partial charge in [-0.2, -0.15) is 4.98 Å². The van der Waals surface area contributed by atoms with Crippen molar-refractivity contribution in [3.05, 3.63) is 12.1 Å². The topological polar surface area (TPSA) is 60.2 Å². The van der Waals surface area contributed by atoms with Crippen molar-refractivity contribution < 1.29 is 4.74 Å². The van der Waals surface area contributed by atoms with E-state index in [0.717, 1.165) is 12.2 Å². The summed E-state index contributed by atoms with van der Waals surface area (Å²) in [5.41, 5.74) is 6.51. The third-order valence-electron chi connectivity index (χ3n) is 3.79. The lowest BCUT2D eigenvalue weighted by atomic mass is 9.97. The fraction of sp³-hybridized carbons (Fsp3) is 0.688. The Bertz CT molecular complexity index is 401. The summed E-state index contributed by atoms with van der Waals surface area (Å²) in [7, 11) is 0. The number of pyridine rings is 1. The minimum atomic E-state index is 0.533. The monoisotopic (exact) mass is 277 g/mol. The fourth-order valence-corrected chi connectivity index (χ4v) is 2.66. The summed E-state index contributed by atoms with van der Waals surface area (Å²) >= 11 is 0. The smallest absolute Gasteiger partial charge is 0.239 e. The molecule has 0 radical (unpaired) electrons. The molecule has 1 aliphatic rings. The number of nitrogens with two attached hydrogens (primary N) is 1. The molecule has 0 unspecified atom stereocenters. The average molecular weight is 277 g/mol. The molecule has 1 fully saturated rings. The SMILES string of the molecule is CCCOc1nc(NC2CCCCCCC2)ccc1N. The Morgan fingerprint density at radius 2 is 1.90 bits per heavy atom. The highest BCUT2D eigenvalue weighted by Gasteiger charge is 2.12. The molecule has 0 saturated heterocycles. The van der Waals surface area contributed by atoms with Crippen molar-refractivity contribution in [2.75, 3.05) is 17.7 Å². The second-order valence-corrected chi connectivity index (χ2v) is 5.63. The Morgan fingerprint density at radius 3 is 2.60 bits per heavy atom. The van der Waals surface area contributed by atoms with Crippen molar-refractivity contribution in [2.45, 2.75) is 64.3 Å². The molecule has 20 heavy (non-hydrogen) atoms. The lowest BCUT2D eigenvalue weighted by Gasteiger charge is -2.22. The second-order valence-electron chi connectivity index (χ2n) is 5.63. The van der Waals surface area contributed by atoms with Crippen LogP contribution in [0.25, 0.3) is 0 Å². The van der Waals surface area contributed by atoms with E-state index in [9.17, 15) is 0 Å². The largest absolute Gasteiger partial charge is 0.476 e. The number of hydrogen-bond donors (Lipinski definition) is 2.